The number of carbonyl (C=O) groups excluding carboxylic acids is 1. The molecule has 0 bridgehead atoms. The second kappa shape index (κ2) is 12.0. The van der Waals surface area contributed by atoms with Crippen LogP contribution in [0.25, 0.3) is 0 Å². The van der Waals surface area contributed by atoms with Gasteiger partial charge in [0.1, 0.15) is 11.5 Å². The van der Waals surface area contributed by atoms with Gasteiger partial charge < -0.3 is 19.7 Å². The number of rotatable bonds is 12. The molecule has 1 aliphatic rings. The zero-order valence-corrected chi connectivity index (χ0v) is 21.0. The lowest BCUT2D eigenvalue weighted by molar-refractivity contribution is 0.249. The standard InChI is InChI=1S/C24H34F2N6O3/c1-6-30(7-2)12-10-9-11-27-23-28-14-16-15-32(24(33)31(8-3)22(16)29-23)21-19(25)17(34-4)13-18(35-5)20(21)26/h13-14H,6-12,15H2,1-5H3,(H,27,28,29). The second-order valence-electron chi connectivity index (χ2n) is 8.07. The molecule has 1 aromatic heterocycles. The van der Waals surface area contributed by atoms with Gasteiger partial charge in [-0.3, -0.25) is 9.80 Å². The van der Waals surface area contributed by atoms with Crippen molar-refractivity contribution in [2.45, 2.75) is 40.2 Å². The summed E-state index contributed by atoms with van der Waals surface area (Å²) in [6, 6.07) is 0.508. The lowest BCUT2D eigenvalue weighted by atomic mass is 10.1. The van der Waals surface area contributed by atoms with Gasteiger partial charge in [-0.15, -0.1) is 0 Å². The first-order valence-corrected chi connectivity index (χ1v) is 11.9. The van der Waals surface area contributed by atoms with Crippen LogP contribution in [0, 0.1) is 11.6 Å². The molecule has 0 unspecified atom stereocenters. The zero-order chi connectivity index (χ0) is 25.5. The average Bonchev–Trinajstić information content (AvgIpc) is 2.87. The van der Waals surface area contributed by atoms with E-state index in [2.05, 4.69) is 34.0 Å². The van der Waals surface area contributed by atoms with Gasteiger partial charge in [0.15, 0.2) is 23.1 Å². The number of carbonyl (C=O) groups is 1. The summed E-state index contributed by atoms with van der Waals surface area (Å²) in [4.78, 5) is 27.0. The van der Waals surface area contributed by atoms with Crippen molar-refractivity contribution in [3.63, 3.8) is 0 Å². The molecule has 11 heteroatoms. The summed E-state index contributed by atoms with van der Waals surface area (Å²) in [5, 5.41) is 3.21. The highest BCUT2D eigenvalue weighted by atomic mass is 19.1. The molecule has 0 radical (unpaired) electrons. The van der Waals surface area contributed by atoms with E-state index in [1.807, 2.05) is 0 Å². The van der Waals surface area contributed by atoms with Gasteiger partial charge >= 0.3 is 6.03 Å². The van der Waals surface area contributed by atoms with Crippen LogP contribution in [0.2, 0.25) is 0 Å². The maximum absolute atomic E-state index is 15.1. The third kappa shape index (κ3) is 5.55. The van der Waals surface area contributed by atoms with Crippen molar-refractivity contribution in [2.75, 3.05) is 62.1 Å². The smallest absolute Gasteiger partial charge is 0.330 e. The van der Waals surface area contributed by atoms with Gasteiger partial charge in [-0.2, -0.15) is 4.98 Å². The van der Waals surface area contributed by atoms with Crippen LogP contribution < -0.4 is 24.6 Å². The topological polar surface area (TPSA) is 83.1 Å². The van der Waals surface area contributed by atoms with Crippen LogP contribution >= 0.6 is 0 Å². The Labute approximate surface area is 205 Å². The van der Waals surface area contributed by atoms with E-state index < -0.39 is 23.4 Å². The molecule has 0 atom stereocenters. The normalized spacial score (nSPS) is 13.3. The number of amides is 2. The van der Waals surface area contributed by atoms with Gasteiger partial charge in [-0.25, -0.2) is 18.6 Å². The minimum atomic E-state index is -0.984. The van der Waals surface area contributed by atoms with E-state index in [1.165, 1.54) is 19.1 Å². The van der Waals surface area contributed by atoms with Gasteiger partial charge in [-0.05, 0) is 39.4 Å². The van der Waals surface area contributed by atoms with Gasteiger partial charge in [0, 0.05) is 30.9 Å². The molecule has 35 heavy (non-hydrogen) atoms. The fourth-order valence-electron chi connectivity index (χ4n) is 4.07. The molecule has 192 valence electrons. The SMILES string of the molecule is CCN(CC)CCCCNc1ncc2c(n1)N(CC)C(=O)N(c1c(F)c(OC)cc(OC)c1F)C2. The van der Waals surface area contributed by atoms with E-state index in [1.54, 1.807) is 13.1 Å². The average molecular weight is 493 g/mol. The van der Waals surface area contributed by atoms with Crippen molar-refractivity contribution >= 4 is 23.5 Å². The van der Waals surface area contributed by atoms with Crippen LogP contribution in [-0.4, -0.2) is 67.8 Å². The minimum Gasteiger partial charge on any atom is -0.493 e. The van der Waals surface area contributed by atoms with Crippen molar-refractivity contribution in [3.05, 3.63) is 29.5 Å². The van der Waals surface area contributed by atoms with Crippen molar-refractivity contribution in [1.82, 2.24) is 14.9 Å². The third-order valence-electron chi connectivity index (χ3n) is 6.10. The number of hydrogen-bond acceptors (Lipinski definition) is 7. The molecular weight excluding hydrogens is 458 g/mol. The number of fused-ring (bicyclic) bond motifs is 1. The Bertz CT molecular complexity index is 1010. The molecule has 0 spiro atoms. The van der Waals surface area contributed by atoms with Gasteiger partial charge in [-0.1, -0.05) is 13.8 Å². The number of unbranched alkanes of at least 4 members (excludes halogenated alkanes) is 1. The Kier molecular flexibility index (Phi) is 9.02. The van der Waals surface area contributed by atoms with E-state index in [0.29, 0.717) is 23.9 Å². The molecule has 0 saturated heterocycles. The number of hydrogen-bond donors (Lipinski definition) is 1. The van der Waals surface area contributed by atoms with Gasteiger partial charge in [0.05, 0.1) is 20.8 Å². The summed E-state index contributed by atoms with van der Waals surface area (Å²) in [5.74, 6) is -1.59. The molecule has 2 aromatic rings. The van der Waals surface area contributed by atoms with Gasteiger partial charge in [0.25, 0.3) is 0 Å². The number of anilines is 3. The van der Waals surface area contributed by atoms with E-state index in [4.69, 9.17) is 9.47 Å². The number of methoxy groups -OCH3 is 2. The van der Waals surface area contributed by atoms with Crippen molar-refractivity contribution in [3.8, 4) is 11.5 Å². The zero-order valence-electron chi connectivity index (χ0n) is 21.0. The molecular formula is C24H34F2N6O3. The largest absolute Gasteiger partial charge is 0.493 e. The fraction of sp³-hybridized carbons (Fsp3) is 0.542. The molecule has 3 rings (SSSR count). The van der Waals surface area contributed by atoms with Crippen LogP contribution in [-0.2, 0) is 6.54 Å². The van der Waals surface area contributed by atoms with Crippen LogP contribution in [0.15, 0.2) is 12.3 Å². The number of aromatic nitrogens is 2. The van der Waals surface area contributed by atoms with E-state index in [-0.39, 0.29) is 24.6 Å². The first kappa shape index (κ1) is 26.4. The monoisotopic (exact) mass is 492 g/mol. The number of ether oxygens (including phenoxy) is 2. The summed E-state index contributed by atoms with van der Waals surface area (Å²) >= 11 is 0. The minimum absolute atomic E-state index is 0.0982. The molecule has 1 aromatic carbocycles. The Morgan fingerprint density at radius 1 is 1.09 bits per heavy atom. The number of benzene rings is 1. The van der Waals surface area contributed by atoms with Crippen LogP contribution in [0.1, 0.15) is 39.2 Å². The van der Waals surface area contributed by atoms with Crippen LogP contribution in [0.5, 0.6) is 11.5 Å². The predicted molar refractivity (Wildman–Crippen MR) is 132 cm³/mol. The molecule has 2 amide bonds. The summed E-state index contributed by atoms with van der Waals surface area (Å²) in [7, 11) is 2.52. The van der Waals surface area contributed by atoms with E-state index in [0.717, 1.165) is 43.4 Å². The summed E-state index contributed by atoms with van der Waals surface area (Å²) in [5.41, 5.74) is 0.0322. The molecule has 0 aliphatic carbocycles. The van der Waals surface area contributed by atoms with E-state index in [9.17, 15) is 4.79 Å². The van der Waals surface area contributed by atoms with Crippen LogP contribution in [0.4, 0.5) is 31.0 Å². The van der Waals surface area contributed by atoms with Crippen LogP contribution in [0.3, 0.4) is 0 Å². The Morgan fingerprint density at radius 2 is 1.74 bits per heavy atom. The number of halogens is 2. The predicted octanol–water partition coefficient (Wildman–Crippen LogP) is 4.27. The van der Waals surface area contributed by atoms with Crippen molar-refractivity contribution in [1.29, 1.82) is 0 Å². The maximum Gasteiger partial charge on any atom is 0.330 e. The lowest BCUT2D eigenvalue weighted by Gasteiger charge is -2.36. The second-order valence-corrected chi connectivity index (χ2v) is 8.07. The number of urea groups is 1. The number of nitrogens with one attached hydrogen (secondary N) is 1. The molecule has 0 fully saturated rings. The summed E-state index contributed by atoms with van der Waals surface area (Å²) in [6.45, 7) is 10.0. The Hall–Kier alpha value is -3.21. The molecule has 0 saturated carbocycles. The van der Waals surface area contributed by atoms with Crippen molar-refractivity contribution < 1.29 is 23.0 Å². The van der Waals surface area contributed by atoms with E-state index >= 15 is 8.78 Å². The quantitative estimate of drug-likeness (QED) is 0.443. The summed E-state index contributed by atoms with van der Waals surface area (Å²) in [6.07, 6.45) is 3.59. The maximum atomic E-state index is 15.1. The Balaban J connectivity index is 1.81. The highest BCUT2D eigenvalue weighted by Gasteiger charge is 2.37. The fourth-order valence-corrected chi connectivity index (χ4v) is 4.07. The highest BCUT2D eigenvalue weighted by molar-refractivity contribution is 6.05. The van der Waals surface area contributed by atoms with Gasteiger partial charge in [0.2, 0.25) is 5.95 Å². The highest BCUT2D eigenvalue weighted by Crippen LogP contribution is 2.40. The summed E-state index contributed by atoms with van der Waals surface area (Å²) < 4.78 is 40.2. The molecule has 1 N–H and O–H groups in total. The molecule has 2 heterocycles. The molecule has 1 aliphatic heterocycles. The molecule has 9 nitrogen and oxygen atoms in total. The number of nitrogens with zero attached hydrogens (tertiary/aromatic N) is 5. The van der Waals surface area contributed by atoms with Crippen molar-refractivity contribution in [2.24, 2.45) is 0 Å². The Morgan fingerprint density at radius 3 is 2.31 bits per heavy atom. The third-order valence-corrected chi connectivity index (χ3v) is 6.10. The first-order chi connectivity index (χ1) is 16.9. The lowest BCUT2D eigenvalue weighted by Crippen LogP contribution is -2.48. The first-order valence-electron chi connectivity index (χ1n) is 11.9.